The molecular formula is C20H11N3O4. The number of furan rings is 1. The number of nitrogens with zero attached hydrogens (tertiary/aromatic N) is 3. The minimum Gasteiger partial charge on any atom is -0.457 e. The van der Waals surface area contributed by atoms with Gasteiger partial charge < -0.3 is 8.83 Å². The van der Waals surface area contributed by atoms with Crippen molar-refractivity contribution < 1.29 is 13.8 Å². The fourth-order valence-electron chi connectivity index (χ4n) is 2.63. The second-order valence-electron chi connectivity index (χ2n) is 5.67. The van der Waals surface area contributed by atoms with E-state index in [1.807, 2.05) is 12.1 Å². The summed E-state index contributed by atoms with van der Waals surface area (Å²) in [5, 5.41) is 20.4. The average Bonchev–Trinajstić information content (AvgIpc) is 3.33. The molecule has 0 saturated carbocycles. The Balaban J connectivity index is 1.68. The Hall–Kier alpha value is -4.18. The standard InChI is InChI=1S/C20H11N3O4/c21-12-14(20-22-17-6-1-2-7-19(17)27-20)11-16-8-9-18(26-16)13-4-3-5-15(10-13)23(24)25/h1-11H/b14-11+. The molecule has 2 aromatic carbocycles. The number of nitriles is 1. The zero-order valence-electron chi connectivity index (χ0n) is 13.8. The van der Waals surface area contributed by atoms with Gasteiger partial charge in [-0.25, -0.2) is 4.98 Å². The van der Waals surface area contributed by atoms with Gasteiger partial charge in [-0.1, -0.05) is 24.3 Å². The first-order valence-electron chi connectivity index (χ1n) is 7.96. The van der Waals surface area contributed by atoms with Crippen molar-refractivity contribution in [2.45, 2.75) is 0 Å². The number of non-ortho nitro benzene ring substituents is 1. The fraction of sp³-hybridized carbons (Fsp3) is 0. The van der Waals surface area contributed by atoms with Crippen molar-refractivity contribution in [1.82, 2.24) is 4.98 Å². The molecule has 0 aliphatic heterocycles. The van der Waals surface area contributed by atoms with Crippen LogP contribution < -0.4 is 0 Å². The van der Waals surface area contributed by atoms with Gasteiger partial charge in [-0.3, -0.25) is 10.1 Å². The third-order valence-electron chi connectivity index (χ3n) is 3.90. The fourth-order valence-corrected chi connectivity index (χ4v) is 2.63. The van der Waals surface area contributed by atoms with Crippen LogP contribution in [0, 0.1) is 21.4 Å². The molecule has 130 valence electrons. The van der Waals surface area contributed by atoms with Crippen LogP contribution in [0.2, 0.25) is 0 Å². The van der Waals surface area contributed by atoms with Gasteiger partial charge in [0, 0.05) is 23.8 Å². The van der Waals surface area contributed by atoms with Crippen LogP contribution in [-0.4, -0.2) is 9.91 Å². The molecule has 7 nitrogen and oxygen atoms in total. The van der Waals surface area contributed by atoms with Crippen LogP contribution in [0.1, 0.15) is 11.7 Å². The molecule has 0 spiro atoms. The highest BCUT2D eigenvalue weighted by Gasteiger charge is 2.13. The van der Waals surface area contributed by atoms with E-state index in [2.05, 4.69) is 11.1 Å². The summed E-state index contributed by atoms with van der Waals surface area (Å²) in [5.74, 6) is 1.07. The molecule has 2 aromatic heterocycles. The van der Waals surface area contributed by atoms with Gasteiger partial charge in [0.2, 0.25) is 5.89 Å². The Kier molecular flexibility index (Phi) is 3.99. The molecule has 0 bridgehead atoms. The molecule has 0 unspecified atom stereocenters. The second kappa shape index (κ2) is 6.61. The Morgan fingerprint density at radius 1 is 1.11 bits per heavy atom. The van der Waals surface area contributed by atoms with Gasteiger partial charge in [0.05, 0.1) is 4.92 Å². The maximum atomic E-state index is 10.9. The Morgan fingerprint density at radius 3 is 2.74 bits per heavy atom. The van der Waals surface area contributed by atoms with Gasteiger partial charge in [0.1, 0.15) is 28.7 Å². The van der Waals surface area contributed by atoms with E-state index in [1.165, 1.54) is 18.2 Å². The van der Waals surface area contributed by atoms with E-state index < -0.39 is 4.92 Å². The number of hydrogen-bond acceptors (Lipinski definition) is 6. The van der Waals surface area contributed by atoms with Gasteiger partial charge >= 0.3 is 0 Å². The molecule has 0 aliphatic rings. The lowest BCUT2D eigenvalue weighted by Gasteiger charge is -1.97. The van der Waals surface area contributed by atoms with Crippen LogP contribution >= 0.6 is 0 Å². The molecule has 0 N–H and O–H groups in total. The Morgan fingerprint density at radius 2 is 1.96 bits per heavy atom. The van der Waals surface area contributed by atoms with Crippen molar-refractivity contribution in [3.05, 3.63) is 82.4 Å². The first kappa shape index (κ1) is 16.3. The lowest BCUT2D eigenvalue weighted by Crippen LogP contribution is -1.87. The lowest BCUT2D eigenvalue weighted by atomic mass is 10.1. The van der Waals surface area contributed by atoms with Crippen molar-refractivity contribution in [3.8, 4) is 17.4 Å². The number of nitro groups is 1. The molecule has 2 heterocycles. The topological polar surface area (TPSA) is 106 Å². The molecule has 0 amide bonds. The molecule has 0 fully saturated rings. The summed E-state index contributed by atoms with van der Waals surface area (Å²) in [6.07, 6.45) is 1.52. The number of benzene rings is 2. The van der Waals surface area contributed by atoms with Crippen molar-refractivity contribution >= 4 is 28.4 Å². The predicted molar refractivity (Wildman–Crippen MR) is 98.3 cm³/mol. The van der Waals surface area contributed by atoms with Gasteiger partial charge in [0.25, 0.3) is 5.69 Å². The second-order valence-corrected chi connectivity index (χ2v) is 5.67. The zero-order chi connectivity index (χ0) is 18.8. The molecule has 7 heteroatoms. The number of para-hydroxylation sites is 2. The van der Waals surface area contributed by atoms with E-state index >= 15 is 0 Å². The van der Waals surface area contributed by atoms with Gasteiger partial charge in [-0.2, -0.15) is 5.26 Å². The molecule has 0 radical (unpaired) electrons. The van der Waals surface area contributed by atoms with Crippen LogP contribution in [0.3, 0.4) is 0 Å². The maximum absolute atomic E-state index is 10.9. The minimum absolute atomic E-state index is 0.0230. The molecule has 0 atom stereocenters. The van der Waals surface area contributed by atoms with Crippen molar-refractivity contribution in [1.29, 1.82) is 5.26 Å². The van der Waals surface area contributed by atoms with E-state index in [-0.39, 0.29) is 17.2 Å². The smallest absolute Gasteiger partial charge is 0.270 e. The van der Waals surface area contributed by atoms with E-state index in [4.69, 9.17) is 8.83 Å². The highest BCUT2D eigenvalue weighted by Crippen LogP contribution is 2.28. The molecule has 27 heavy (non-hydrogen) atoms. The highest BCUT2D eigenvalue weighted by molar-refractivity contribution is 5.88. The van der Waals surface area contributed by atoms with E-state index in [0.717, 1.165) is 0 Å². The predicted octanol–water partition coefficient (Wildman–Crippen LogP) is 5.06. The van der Waals surface area contributed by atoms with Crippen LogP contribution in [-0.2, 0) is 0 Å². The molecular weight excluding hydrogens is 346 g/mol. The molecule has 4 aromatic rings. The number of fused-ring (bicyclic) bond motifs is 1. The quantitative estimate of drug-likeness (QED) is 0.287. The Bertz CT molecular complexity index is 1190. The first-order chi connectivity index (χ1) is 13.1. The first-order valence-corrected chi connectivity index (χ1v) is 7.96. The summed E-state index contributed by atoms with van der Waals surface area (Å²) < 4.78 is 11.3. The summed E-state index contributed by atoms with van der Waals surface area (Å²) in [4.78, 5) is 14.8. The lowest BCUT2D eigenvalue weighted by molar-refractivity contribution is -0.384. The number of oxazole rings is 1. The number of aromatic nitrogens is 1. The number of rotatable bonds is 4. The maximum Gasteiger partial charge on any atom is 0.270 e. The van der Waals surface area contributed by atoms with E-state index in [9.17, 15) is 15.4 Å². The summed E-state index contributed by atoms with van der Waals surface area (Å²) in [6, 6.07) is 18.8. The van der Waals surface area contributed by atoms with Crippen LogP contribution in [0.4, 0.5) is 5.69 Å². The van der Waals surface area contributed by atoms with Gasteiger partial charge in [0.15, 0.2) is 5.58 Å². The normalized spacial score (nSPS) is 11.4. The third kappa shape index (κ3) is 3.19. The zero-order valence-corrected chi connectivity index (χ0v) is 13.8. The van der Waals surface area contributed by atoms with Gasteiger partial charge in [-0.15, -0.1) is 0 Å². The molecule has 0 aliphatic carbocycles. The van der Waals surface area contributed by atoms with Crippen LogP contribution in [0.15, 0.2) is 69.5 Å². The largest absolute Gasteiger partial charge is 0.457 e. The summed E-state index contributed by atoms with van der Waals surface area (Å²) >= 11 is 0. The van der Waals surface area contributed by atoms with Crippen LogP contribution in [0.25, 0.3) is 34.1 Å². The number of hydrogen-bond donors (Lipinski definition) is 0. The average molecular weight is 357 g/mol. The summed E-state index contributed by atoms with van der Waals surface area (Å²) in [5.41, 5.74) is 2.01. The molecule has 4 rings (SSSR count). The third-order valence-corrected chi connectivity index (χ3v) is 3.90. The minimum atomic E-state index is -0.464. The monoisotopic (exact) mass is 357 g/mol. The van der Waals surface area contributed by atoms with Crippen molar-refractivity contribution in [2.24, 2.45) is 0 Å². The summed E-state index contributed by atoms with van der Waals surface area (Å²) in [7, 11) is 0. The highest BCUT2D eigenvalue weighted by atomic mass is 16.6. The van der Waals surface area contributed by atoms with E-state index in [1.54, 1.807) is 36.4 Å². The number of nitro benzene ring substituents is 1. The number of allylic oxidation sites excluding steroid dienone is 1. The molecule has 0 saturated heterocycles. The van der Waals surface area contributed by atoms with Crippen molar-refractivity contribution in [3.63, 3.8) is 0 Å². The van der Waals surface area contributed by atoms with Crippen molar-refractivity contribution in [2.75, 3.05) is 0 Å². The van der Waals surface area contributed by atoms with E-state index in [0.29, 0.717) is 28.2 Å². The van der Waals surface area contributed by atoms with Gasteiger partial charge in [-0.05, 0) is 24.3 Å². The van der Waals surface area contributed by atoms with Crippen LogP contribution in [0.5, 0.6) is 0 Å². The SMILES string of the molecule is N#C/C(=C\c1ccc(-c2cccc([N+](=O)[O-])c2)o1)c1nc2ccccc2o1. The summed E-state index contributed by atoms with van der Waals surface area (Å²) in [6.45, 7) is 0. The Labute approximate surface area is 152 Å².